The third-order valence-corrected chi connectivity index (χ3v) is 6.46. The number of carbonyl (C=O) groups excluding carboxylic acids is 1. The van der Waals surface area contributed by atoms with Crippen LogP contribution in [0.5, 0.6) is 5.75 Å². The van der Waals surface area contributed by atoms with Crippen LogP contribution in [0.2, 0.25) is 0 Å². The van der Waals surface area contributed by atoms with Gasteiger partial charge in [-0.3, -0.25) is 23.4 Å². The van der Waals surface area contributed by atoms with Gasteiger partial charge >= 0.3 is 13.6 Å². The molecule has 1 aliphatic rings. The van der Waals surface area contributed by atoms with Gasteiger partial charge in [-0.15, -0.1) is 0 Å². The van der Waals surface area contributed by atoms with Crippen LogP contribution in [-0.4, -0.2) is 27.9 Å². The predicted octanol–water partition coefficient (Wildman–Crippen LogP) is 5.42. The van der Waals surface area contributed by atoms with Crippen molar-refractivity contribution < 1.29 is 32.6 Å². The molecule has 0 N–H and O–H groups in total. The highest BCUT2D eigenvalue weighted by atomic mass is 31.2. The van der Waals surface area contributed by atoms with Crippen molar-refractivity contribution in [1.29, 1.82) is 0 Å². The van der Waals surface area contributed by atoms with E-state index in [9.17, 15) is 9.36 Å². The lowest BCUT2D eigenvalue weighted by molar-refractivity contribution is -0.181. The Balaban J connectivity index is 2.69. The largest absolute Gasteiger partial charge is 0.461 e. The number of aryl methyl sites for hydroxylation is 1. The lowest BCUT2D eigenvalue weighted by Crippen LogP contribution is -2.36. The van der Waals surface area contributed by atoms with Crippen molar-refractivity contribution in [2.45, 2.75) is 98.7 Å². The lowest BCUT2D eigenvalue weighted by Gasteiger charge is -2.38. The maximum Gasteiger partial charge on any atom is 0.376 e. The second kappa shape index (κ2) is 8.23. The highest BCUT2D eigenvalue weighted by Crippen LogP contribution is 2.66. The number of nitrogens with zero attached hydrogens (tertiary/aromatic N) is 1. The zero-order valence-corrected chi connectivity index (χ0v) is 20.5. The van der Waals surface area contributed by atoms with Crippen LogP contribution < -0.4 is 4.74 Å². The Morgan fingerprint density at radius 3 is 2.17 bits per heavy atom. The van der Waals surface area contributed by atoms with Gasteiger partial charge in [0, 0.05) is 38.1 Å². The highest BCUT2D eigenvalue weighted by molar-refractivity contribution is 7.54. The Morgan fingerprint density at radius 2 is 1.70 bits per heavy atom. The third-order valence-electron chi connectivity index (χ3n) is 3.89. The number of hydrogen-bond acceptors (Lipinski definition) is 8. The summed E-state index contributed by atoms with van der Waals surface area (Å²) >= 11 is 0. The molecule has 0 saturated carbocycles. The van der Waals surface area contributed by atoms with E-state index in [-0.39, 0.29) is 6.61 Å². The van der Waals surface area contributed by atoms with Crippen molar-refractivity contribution in [3.63, 3.8) is 0 Å². The van der Waals surface area contributed by atoms with Gasteiger partial charge in [-0.25, -0.2) is 0 Å². The molecule has 0 aliphatic carbocycles. The molecular formula is C21H34NO7P. The minimum atomic E-state index is -4.04. The second-order valence-electron chi connectivity index (χ2n) is 9.81. The van der Waals surface area contributed by atoms with Crippen molar-refractivity contribution in [1.82, 2.24) is 4.98 Å². The molecule has 1 unspecified atom stereocenters. The number of carbonyl (C=O) groups is 1. The van der Waals surface area contributed by atoms with Crippen molar-refractivity contribution in [3.05, 3.63) is 23.0 Å². The molecule has 9 heteroatoms. The molecule has 0 bridgehead atoms. The molecule has 1 aliphatic heterocycles. The number of ether oxygens (including phenoxy) is 3. The topological polar surface area (TPSA) is 93.2 Å². The standard InChI is InChI=1S/C21H34NO7P/c1-13-17-16(12-25-21(9,10)27-17)15(11-22-13)18(26-14(2)23)30(24,28-19(3,4)5)29-20(6,7)8/h11,18H,12H2,1-10H3. The van der Waals surface area contributed by atoms with Crippen LogP contribution in [0.25, 0.3) is 0 Å². The second-order valence-corrected chi connectivity index (χ2v) is 11.7. The molecule has 0 saturated heterocycles. The number of hydrogen-bond donors (Lipinski definition) is 0. The molecule has 30 heavy (non-hydrogen) atoms. The average molecular weight is 443 g/mol. The number of fused-ring (bicyclic) bond motifs is 1. The summed E-state index contributed by atoms with van der Waals surface area (Å²) in [4.78, 5) is 16.4. The van der Waals surface area contributed by atoms with Gasteiger partial charge in [0.1, 0.15) is 5.75 Å². The van der Waals surface area contributed by atoms with Crippen LogP contribution >= 0.6 is 7.60 Å². The van der Waals surface area contributed by atoms with E-state index in [1.807, 2.05) is 6.92 Å². The molecule has 0 radical (unpaired) electrons. The molecule has 0 amide bonds. The maximum atomic E-state index is 14.1. The number of pyridine rings is 1. The summed E-state index contributed by atoms with van der Waals surface area (Å²) in [5, 5.41) is 0. The molecule has 1 aromatic rings. The van der Waals surface area contributed by atoms with Gasteiger partial charge in [0.15, 0.2) is 0 Å². The molecule has 8 nitrogen and oxygen atoms in total. The van der Waals surface area contributed by atoms with E-state index < -0.39 is 36.4 Å². The van der Waals surface area contributed by atoms with Crippen molar-refractivity contribution in [3.8, 4) is 5.75 Å². The molecule has 170 valence electrons. The monoisotopic (exact) mass is 443 g/mol. The Morgan fingerprint density at radius 1 is 1.17 bits per heavy atom. The van der Waals surface area contributed by atoms with E-state index in [1.54, 1.807) is 55.4 Å². The van der Waals surface area contributed by atoms with Crippen LogP contribution in [-0.2, 0) is 34.5 Å². The summed E-state index contributed by atoms with van der Waals surface area (Å²) in [7, 11) is -4.04. The fraction of sp³-hybridized carbons (Fsp3) is 0.714. The van der Waals surface area contributed by atoms with Gasteiger partial charge in [-0.2, -0.15) is 0 Å². The Bertz CT molecular complexity index is 832. The average Bonchev–Trinajstić information content (AvgIpc) is 2.49. The Labute approximate surface area is 179 Å². The first-order valence-electron chi connectivity index (χ1n) is 9.92. The number of rotatable bonds is 5. The van der Waals surface area contributed by atoms with Crippen LogP contribution in [0.3, 0.4) is 0 Å². The molecule has 2 rings (SSSR count). The summed E-state index contributed by atoms with van der Waals surface area (Å²) in [5.74, 6) is -2.28. The smallest absolute Gasteiger partial charge is 0.376 e. The zero-order valence-electron chi connectivity index (χ0n) is 19.6. The van der Waals surface area contributed by atoms with E-state index in [1.165, 1.54) is 13.1 Å². The summed E-state index contributed by atoms with van der Waals surface area (Å²) in [5.41, 5.74) is -0.0323. The first-order valence-corrected chi connectivity index (χ1v) is 11.5. The first-order chi connectivity index (χ1) is 13.4. The third kappa shape index (κ3) is 6.27. The molecule has 1 atom stereocenters. The van der Waals surface area contributed by atoms with E-state index in [2.05, 4.69) is 4.98 Å². The zero-order chi connectivity index (χ0) is 23.1. The first kappa shape index (κ1) is 24.8. The summed E-state index contributed by atoms with van der Waals surface area (Å²) in [6.45, 7) is 17.4. The van der Waals surface area contributed by atoms with Gasteiger partial charge in [0.2, 0.25) is 11.6 Å². The quantitative estimate of drug-likeness (QED) is 0.440. The number of aromatic nitrogens is 1. The van der Waals surface area contributed by atoms with Crippen molar-refractivity contribution in [2.75, 3.05) is 0 Å². The summed E-state index contributed by atoms with van der Waals surface area (Å²) in [6.07, 6.45) is 1.51. The predicted molar refractivity (Wildman–Crippen MR) is 112 cm³/mol. The minimum absolute atomic E-state index is 0.170. The molecule has 0 aromatic carbocycles. The SMILES string of the molecule is CC(=O)OC(c1cnc(C)c2c1COC(C)(C)O2)P(=O)(OC(C)(C)C)OC(C)(C)C. The van der Waals surface area contributed by atoms with Gasteiger partial charge < -0.3 is 14.2 Å². The van der Waals surface area contributed by atoms with Gasteiger partial charge in [0.05, 0.1) is 23.5 Å². The van der Waals surface area contributed by atoms with Crippen molar-refractivity contribution in [2.24, 2.45) is 0 Å². The normalized spacial score (nSPS) is 17.7. The van der Waals surface area contributed by atoms with Crippen LogP contribution in [0.4, 0.5) is 0 Å². The fourth-order valence-corrected chi connectivity index (χ4v) is 5.60. The Kier molecular flexibility index (Phi) is 6.80. The van der Waals surface area contributed by atoms with Crippen LogP contribution in [0, 0.1) is 6.92 Å². The maximum absolute atomic E-state index is 14.1. The van der Waals surface area contributed by atoms with Crippen molar-refractivity contribution >= 4 is 13.6 Å². The summed E-state index contributed by atoms with van der Waals surface area (Å²) < 4.78 is 43.3. The van der Waals surface area contributed by atoms with E-state index >= 15 is 0 Å². The van der Waals surface area contributed by atoms with E-state index in [4.69, 9.17) is 23.3 Å². The van der Waals surface area contributed by atoms with Gasteiger partial charge in [-0.05, 0) is 48.5 Å². The molecule has 1 aromatic heterocycles. The van der Waals surface area contributed by atoms with Gasteiger partial charge in [0.25, 0.3) is 0 Å². The molecular weight excluding hydrogens is 409 g/mol. The molecule has 0 spiro atoms. The highest BCUT2D eigenvalue weighted by Gasteiger charge is 2.48. The van der Waals surface area contributed by atoms with Crippen LogP contribution in [0.15, 0.2) is 6.20 Å². The molecule has 0 fully saturated rings. The molecule has 2 heterocycles. The van der Waals surface area contributed by atoms with Crippen LogP contribution in [0.1, 0.15) is 85.0 Å². The minimum Gasteiger partial charge on any atom is -0.461 e. The lowest BCUT2D eigenvalue weighted by atomic mass is 10.1. The Hall–Kier alpha value is -1.47. The van der Waals surface area contributed by atoms with Gasteiger partial charge in [-0.1, -0.05) is 0 Å². The van der Waals surface area contributed by atoms with E-state index in [0.29, 0.717) is 22.6 Å². The van der Waals surface area contributed by atoms with E-state index in [0.717, 1.165) is 0 Å². The fourth-order valence-electron chi connectivity index (χ4n) is 3.00. The number of esters is 1. The summed E-state index contributed by atoms with van der Waals surface area (Å²) in [6, 6.07) is 0.